The summed E-state index contributed by atoms with van der Waals surface area (Å²) in [4.78, 5) is 23.5. The Bertz CT molecular complexity index is 1440. The van der Waals surface area contributed by atoms with Crippen molar-refractivity contribution in [2.75, 3.05) is 14.2 Å². The third-order valence-corrected chi connectivity index (χ3v) is 6.64. The van der Waals surface area contributed by atoms with Gasteiger partial charge in [0.15, 0.2) is 0 Å². The quantitative estimate of drug-likeness (QED) is 0.274. The fourth-order valence-electron chi connectivity index (χ4n) is 3.94. The first kappa shape index (κ1) is 24.8. The Balaban J connectivity index is 2.01. The van der Waals surface area contributed by atoms with Gasteiger partial charge < -0.3 is 9.47 Å². The summed E-state index contributed by atoms with van der Waals surface area (Å²) in [5.74, 6) is -1.05. The van der Waals surface area contributed by atoms with Crippen LogP contribution in [-0.2, 0) is 19.6 Å². The van der Waals surface area contributed by atoms with Crippen molar-refractivity contribution in [2.24, 2.45) is 0 Å². The molecule has 0 amide bonds. The molecule has 0 fully saturated rings. The SMILES string of the molecule is COC(=O)c1ccc(-c2cc(-c3ccccc3)cc(-c3ccc(C(=O)OC)cc3)c2S(=O)(=O)O)cc1. The summed E-state index contributed by atoms with van der Waals surface area (Å²) < 4.78 is 45.2. The Labute approximate surface area is 208 Å². The molecule has 0 bridgehead atoms. The lowest BCUT2D eigenvalue weighted by Gasteiger charge is -2.17. The van der Waals surface area contributed by atoms with Crippen LogP contribution in [-0.4, -0.2) is 39.1 Å². The molecule has 0 aliphatic rings. The normalized spacial score (nSPS) is 11.1. The van der Waals surface area contributed by atoms with Crippen molar-refractivity contribution in [3.63, 3.8) is 0 Å². The van der Waals surface area contributed by atoms with E-state index in [0.29, 0.717) is 27.8 Å². The molecule has 0 unspecified atom stereocenters. The monoisotopic (exact) mass is 502 g/mol. The first-order valence-electron chi connectivity index (χ1n) is 10.8. The topological polar surface area (TPSA) is 107 Å². The van der Waals surface area contributed by atoms with E-state index >= 15 is 0 Å². The molecular weight excluding hydrogens is 480 g/mol. The molecule has 7 nitrogen and oxygen atoms in total. The summed E-state index contributed by atoms with van der Waals surface area (Å²) in [5.41, 5.74) is 3.59. The molecule has 0 aliphatic carbocycles. The van der Waals surface area contributed by atoms with Crippen LogP contribution in [0.2, 0.25) is 0 Å². The summed E-state index contributed by atoms with van der Waals surface area (Å²) in [6, 6.07) is 25.2. The van der Waals surface area contributed by atoms with Crippen LogP contribution in [0.4, 0.5) is 0 Å². The Hall–Kier alpha value is -4.27. The Kier molecular flexibility index (Phi) is 7.00. The van der Waals surface area contributed by atoms with Crippen molar-refractivity contribution in [1.29, 1.82) is 0 Å². The first-order chi connectivity index (χ1) is 17.2. The van der Waals surface area contributed by atoms with Crippen LogP contribution >= 0.6 is 0 Å². The maximum absolute atomic E-state index is 12.7. The summed E-state index contributed by atoms with van der Waals surface area (Å²) in [6.45, 7) is 0. The minimum absolute atomic E-state index is 0.252. The zero-order valence-corrected chi connectivity index (χ0v) is 20.3. The fraction of sp³-hybridized carbons (Fsp3) is 0.0714. The van der Waals surface area contributed by atoms with E-state index in [1.165, 1.54) is 38.5 Å². The molecular formula is C28H22O7S. The number of esters is 2. The molecule has 0 saturated carbocycles. The fourth-order valence-corrected chi connectivity index (χ4v) is 4.85. The van der Waals surface area contributed by atoms with Crippen LogP contribution in [0.1, 0.15) is 20.7 Å². The van der Waals surface area contributed by atoms with Gasteiger partial charge in [-0.05, 0) is 58.7 Å². The molecule has 0 atom stereocenters. The Morgan fingerprint density at radius 2 is 1.03 bits per heavy atom. The molecule has 4 aromatic carbocycles. The maximum atomic E-state index is 12.7. The van der Waals surface area contributed by atoms with Crippen molar-refractivity contribution in [2.45, 2.75) is 4.90 Å². The zero-order valence-electron chi connectivity index (χ0n) is 19.5. The number of methoxy groups -OCH3 is 2. The van der Waals surface area contributed by atoms with Gasteiger partial charge in [0.05, 0.1) is 25.3 Å². The second kappa shape index (κ2) is 10.2. The third-order valence-electron chi connectivity index (χ3n) is 5.69. The number of carbonyl (C=O) groups is 2. The molecule has 0 aliphatic heterocycles. The number of ether oxygens (including phenoxy) is 2. The van der Waals surface area contributed by atoms with Crippen LogP contribution in [0, 0.1) is 0 Å². The molecule has 0 heterocycles. The van der Waals surface area contributed by atoms with E-state index < -0.39 is 22.1 Å². The highest BCUT2D eigenvalue weighted by atomic mass is 32.2. The van der Waals surface area contributed by atoms with Crippen LogP contribution < -0.4 is 0 Å². The third kappa shape index (κ3) is 5.05. The Morgan fingerprint density at radius 1 is 0.611 bits per heavy atom. The van der Waals surface area contributed by atoms with E-state index in [2.05, 4.69) is 0 Å². The van der Waals surface area contributed by atoms with Gasteiger partial charge >= 0.3 is 11.9 Å². The summed E-state index contributed by atoms with van der Waals surface area (Å²) in [6.07, 6.45) is 0. The van der Waals surface area contributed by atoms with Crippen molar-refractivity contribution < 1.29 is 32.0 Å². The second-order valence-corrected chi connectivity index (χ2v) is 9.24. The number of hydrogen-bond donors (Lipinski definition) is 1. The van der Waals surface area contributed by atoms with Gasteiger partial charge in [-0.2, -0.15) is 8.42 Å². The first-order valence-corrected chi connectivity index (χ1v) is 12.3. The van der Waals surface area contributed by atoms with E-state index in [4.69, 9.17) is 9.47 Å². The number of carbonyl (C=O) groups excluding carboxylic acids is 2. The molecule has 4 rings (SSSR count). The molecule has 8 heteroatoms. The Morgan fingerprint density at radius 3 is 1.39 bits per heavy atom. The minimum atomic E-state index is -4.70. The summed E-state index contributed by atoms with van der Waals surface area (Å²) >= 11 is 0. The van der Waals surface area contributed by atoms with E-state index in [-0.39, 0.29) is 16.0 Å². The van der Waals surface area contributed by atoms with Gasteiger partial charge in [-0.15, -0.1) is 0 Å². The molecule has 0 radical (unpaired) electrons. The largest absolute Gasteiger partial charge is 0.465 e. The van der Waals surface area contributed by atoms with Crippen LogP contribution in [0.3, 0.4) is 0 Å². The second-order valence-electron chi connectivity index (χ2n) is 7.88. The van der Waals surface area contributed by atoms with Crippen LogP contribution in [0.15, 0.2) is 95.9 Å². The highest BCUT2D eigenvalue weighted by molar-refractivity contribution is 7.86. The molecule has 36 heavy (non-hydrogen) atoms. The van der Waals surface area contributed by atoms with Crippen molar-refractivity contribution in [3.8, 4) is 33.4 Å². The van der Waals surface area contributed by atoms with Gasteiger partial charge in [-0.3, -0.25) is 4.55 Å². The van der Waals surface area contributed by atoms with Gasteiger partial charge in [0.1, 0.15) is 4.90 Å². The van der Waals surface area contributed by atoms with Gasteiger partial charge in [-0.25, -0.2) is 9.59 Å². The molecule has 0 aromatic heterocycles. The van der Waals surface area contributed by atoms with Crippen LogP contribution in [0.5, 0.6) is 0 Å². The zero-order chi connectivity index (χ0) is 25.9. The van der Waals surface area contributed by atoms with Crippen LogP contribution in [0.25, 0.3) is 33.4 Å². The van der Waals surface area contributed by atoms with Crippen molar-refractivity contribution >= 4 is 22.1 Å². The van der Waals surface area contributed by atoms with Gasteiger partial charge in [0, 0.05) is 11.1 Å². The molecule has 0 spiro atoms. The lowest BCUT2D eigenvalue weighted by molar-refractivity contribution is 0.0592. The molecule has 4 aromatic rings. The summed E-state index contributed by atoms with van der Waals surface area (Å²) in [7, 11) is -2.16. The van der Waals surface area contributed by atoms with Gasteiger partial charge in [0.2, 0.25) is 0 Å². The van der Waals surface area contributed by atoms with E-state index in [1.54, 1.807) is 36.4 Å². The highest BCUT2D eigenvalue weighted by Gasteiger charge is 2.24. The van der Waals surface area contributed by atoms with E-state index in [9.17, 15) is 22.6 Å². The standard InChI is InChI=1S/C28H22O7S/c1-34-27(29)21-12-8-19(9-13-21)24-16-23(18-6-4-3-5-7-18)17-25(26(24)36(31,32)33)20-10-14-22(15-11-20)28(30)35-2/h3-17H,1-2H3,(H,31,32,33). The van der Waals surface area contributed by atoms with Crippen molar-refractivity contribution in [3.05, 3.63) is 102 Å². The smallest absolute Gasteiger partial charge is 0.337 e. The average molecular weight is 503 g/mol. The summed E-state index contributed by atoms with van der Waals surface area (Å²) in [5, 5.41) is 0. The lowest BCUT2D eigenvalue weighted by Crippen LogP contribution is -2.06. The number of rotatable bonds is 6. The predicted octanol–water partition coefficient (Wildman–Crippen LogP) is 5.51. The number of benzene rings is 4. The van der Waals surface area contributed by atoms with Gasteiger partial charge in [0.25, 0.3) is 10.1 Å². The maximum Gasteiger partial charge on any atom is 0.337 e. The van der Waals surface area contributed by atoms with E-state index in [0.717, 1.165) is 5.56 Å². The minimum Gasteiger partial charge on any atom is -0.465 e. The molecule has 1 N–H and O–H groups in total. The van der Waals surface area contributed by atoms with Crippen molar-refractivity contribution in [1.82, 2.24) is 0 Å². The molecule has 182 valence electrons. The highest BCUT2D eigenvalue weighted by Crippen LogP contribution is 2.40. The number of hydrogen-bond acceptors (Lipinski definition) is 6. The predicted molar refractivity (Wildman–Crippen MR) is 135 cm³/mol. The van der Waals surface area contributed by atoms with E-state index in [1.807, 2.05) is 30.3 Å². The lowest BCUT2D eigenvalue weighted by atomic mass is 9.92. The van der Waals surface area contributed by atoms with Gasteiger partial charge in [-0.1, -0.05) is 54.6 Å². The average Bonchev–Trinajstić information content (AvgIpc) is 2.91. The molecule has 0 saturated heterocycles.